The summed E-state index contributed by atoms with van der Waals surface area (Å²) in [5.41, 5.74) is 2.47. The van der Waals surface area contributed by atoms with Crippen LogP contribution in [0, 0.1) is 0 Å². The van der Waals surface area contributed by atoms with Gasteiger partial charge < -0.3 is 48.4 Å². The number of ether oxygens (including phenoxy) is 6. The molecule has 0 unspecified atom stereocenters. The molecule has 2 aliphatic rings. The topological polar surface area (TPSA) is 172 Å². The lowest BCUT2D eigenvalue weighted by Crippen LogP contribution is -2.26. The van der Waals surface area contributed by atoms with Gasteiger partial charge in [-0.05, 0) is 66.1 Å². The number of benzene rings is 3. The van der Waals surface area contributed by atoms with E-state index in [1.165, 1.54) is 24.3 Å². The highest BCUT2D eigenvalue weighted by atomic mass is 32.1. The smallest absolute Gasteiger partial charge is 0.336 e. The number of carbonyl (C=O) groups is 2. The van der Waals surface area contributed by atoms with Gasteiger partial charge in [0.25, 0.3) is 0 Å². The van der Waals surface area contributed by atoms with Crippen LogP contribution in [0.2, 0.25) is 0 Å². The van der Waals surface area contributed by atoms with Gasteiger partial charge in [-0.3, -0.25) is 9.59 Å². The fourth-order valence-corrected chi connectivity index (χ4v) is 5.88. The summed E-state index contributed by atoms with van der Waals surface area (Å²) in [6, 6.07) is 14.1. The molecule has 54 heavy (non-hydrogen) atoms. The molecule has 0 spiro atoms. The van der Waals surface area contributed by atoms with Crippen LogP contribution in [0.25, 0.3) is 33.4 Å². The second kappa shape index (κ2) is 23.5. The van der Waals surface area contributed by atoms with Crippen LogP contribution in [0.5, 0.6) is 5.75 Å². The van der Waals surface area contributed by atoms with E-state index in [2.05, 4.69) is 5.32 Å². The van der Waals surface area contributed by atoms with Crippen molar-refractivity contribution in [1.82, 2.24) is 5.32 Å². The number of phenolic OH excluding ortho intramolecular Hbond substituents is 1. The Bertz CT molecular complexity index is 1830. The molecule has 4 rings (SSSR count). The number of fused-ring (bicyclic) bond motifs is 2. The van der Waals surface area contributed by atoms with Crippen molar-refractivity contribution in [3.05, 3.63) is 75.9 Å². The molecule has 14 heteroatoms. The van der Waals surface area contributed by atoms with Gasteiger partial charge in [-0.2, -0.15) is 0 Å². The van der Waals surface area contributed by atoms with E-state index in [0.717, 1.165) is 10.4 Å². The molecule has 1 aliphatic carbocycles. The van der Waals surface area contributed by atoms with Crippen molar-refractivity contribution in [3.63, 3.8) is 0 Å². The van der Waals surface area contributed by atoms with Crippen LogP contribution >= 0.6 is 12.2 Å². The Morgan fingerprint density at radius 1 is 0.741 bits per heavy atom. The number of hydrogen-bond donors (Lipinski definition) is 3. The van der Waals surface area contributed by atoms with Crippen molar-refractivity contribution in [2.24, 2.45) is 0 Å². The Hall–Kier alpha value is -4.28. The third-order valence-corrected chi connectivity index (χ3v) is 8.50. The molecule has 0 saturated heterocycles. The van der Waals surface area contributed by atoms with Gasteiger partial charge in [-0.15, -0.1) is 0 Å². The third kappa shape index (κ3) is 14.2. The summed E-state index contributed by atoms with van der Waals surface area (Å²) in [6.45, 7) is 8.19. The molecule has 2 aromatic rings. The number of carboxylic acids is 1. The first-order valence-corrected chi connectivity index (χ1v) is 18.5. The van der Waals surface area contributed by atoms with E-state index in [1.54, 1.807) is 24.3 Å². The fourth-order valence-electron chi connectivity index (χ4n) is 5.57. The number of nitrogens with one attached hydrogen (secondary N) is 1. The van der Waals surface area contributed by atoms with Gasteiger partial charge in [-0.1, -0.05) is 24.4 Å². The van der Waals surface area contributed by atoms with Crippen LogP contribution < -0.4 is 10.7 Å². The second-order valence-electron chi connectivity index (χ2n) is 12.2. The Labute approximate surface area is 319 Å². The van der Waals surface area contributed by atoms with Crippen LogP contribution in [-0.4, -0.2) is 113 Å². The Kier molecular flexibility index (Phi) is 18.5. The molecule has 0 fully saturated rings. The summed E-state index contributed by atoms with van der Waals surface area (Å²) in [5.74, 6) is -0.976. The zero-order valence-corrected chi connectivity index (χ0v) is 31.4. The van der Waals surface area contributed by atoms with Crippen LogP contribution in [0.15, 0.2) is 63.8 Å². The molecular formula is C40H49NO12S. The minimum Gasteiger partial charge on any atom is -0.508 e. The molecule has 0 atom stereocenters. The molecule has 0 aromatic heterocycles. The van der Waals surface area contributed by atoms with Crippen molar-refractivity contribution < 1.29 is 52.6 Å². The average molecular weight is 768 g/mol. The quantitative estimate of drug-likeness (QED) is 0.0407. The van der Waals surface area contributed by atoms with Gasteiger partial charge in [0.2, 0.25) is 5.91 Å². The lowest BCUT2D eigenvalue weighted by molar-refractivity contribution is -0.122. The first-order valence-electron chi connectivity index (χ1n) is 18.1. The second-order valence-corrected chi connectivity index (χ2v) is 12.8. The maximum Gasteiger partial charge on any atom is 0.336 e. The molecular weight excluding hydrogens is 719 g/mol. The van der Waals surface area contributed by atoms with E-state index in [0.29, 0.717) is 126 Å². The molecule has 13 nitrogen and oxygen atoms in total. The van der Waals surface area contributed by atoms with Gasteiger partial charge in [0, 0.05) is 54.6 Å². The molecule has 292 valence electrons. The van der Waals surface area contributed by atoms with E-state index < -0.39 is 5.97 Å². The standard InChI is InChI=1S/C40H49NO12S/c1-2-47-14-15-49-18-19-51-22-23-52-21-20-50-17-16-48-13-11-38(44)41-12-3-4-31(54)24-28-5-8-32(35(25-28)40(45)46)39-33-9-6-29(42)26-36(33)53-37-27-30(43)7-10-34(37)39/h5-10,25-27,42H,2-4,11-24H2,1H3,(H,41,44)(H,45,46). The zero-order chi connectivity index (χ0) is 38.5. The predicted molar refractivity (Wildman–Crippen MR) is 207 cm³/mol. The molecule has 1 amide bonds. The van der Waals surface area contributed by atoms with E-state index in [4.69, 9.17) is 45.1 Å². The third-order valence-electron chi connectivity index (χ3n) is 8.15. The van der Waals surface area contributed by atoms with Crippen molar-refractivity contribution in [2.75, 3.05) is 85.8 Å². The Balaban J connectivity index is 1.10. The molecule has 2 aromatic carbocycles. The number of aromatic hydroxyl groups is 1. The van der Waals surface area contributed by atoms with Gasteiger partial charge in [0.1, 0.15) is 17.1 Å². The Morgan fingerprint density at radius 3 is 1.98 bits per heavy atom. The lowest BCUT2D eigenvalue weighted by atomic mass is 9.89. The summed E-state index contributed by atoms with van der Waals surface area (Å²) in [5, 5.41) is 23.7. The van der Waals surface area contributed by atoms with E-state index >= 15 is 0 Å². The van der Waals surface area contributed by atoms with E-state index in [-0.39, 0.29) is 41.4 Å². The minimum atomic E-state index is -1.12. The highest BCUT2D eigenvalue weighted by molar-refractivity contribution is 7.80. The van der Waals surface area contributed by atoms with Crippen molar-refractivity contribution >= 4 is 39.9 Å². The SMILES string of the molecule is CCOCCOCCOCCOCCOCCOCCC(=O)NCCCC(=S)Cc1ccc(-c2c3ccc(=O)cc-3oc3cc(O)ccc23)c(C(=O)O)c1. The van der Waals surface area contributed by atoms with Gasteiger partial charge >= 0.3 is 5.97 Å². The van der Waals surface area contributed by atoms with E-state index in [9.17, 15) is 24.6 Å². The van der Waals surface area contributed by atoms with Crippen LogP contribution in [0.4, 0.5) is 0 Å². The maximum absolute atomic E-state index is 12.5. The summed E-state index contributed by atoms with van der Waals surface area (Å²) in [7, 11) is 0. The molecule has 3 N–H and O–H groups in total. The number of hydrogen-bond acceptors (Lipinski definition) is 12. The number of aromatic carboxylic acids is 1. The van der Waals surface area contributed by atoms with Crippen LogP contribution in [-0.2, 0) is 39.6 Å². The number of thiocarbonyl (C=S) groups is 1. The minimum absolute atomic E-state index is 0.0216. The molecule has 1 heterocycles. The van der Waals surface area contributed by atoms with Gasteiger partial charge in [0.15, 0.2) is 5.43 Å². The zero-order valence-electron chi connectivity index (χ0n) is 30.6. The summed E-state index contributed by atoms with van der Waals surface area (Å²) < 4.78 is 38.3. The lowest BCUT2D eigenvalue weighted by Gasteiger charge is -2.17. The van der Waals surface area contributed by atoms with Gasteiger partial charge in [-0.25, -0.2) is 4.79 Å². The molecule has 0 saturated carbocycles. The molecule has 1 aliphatic heterocycles. The monoisotopic (exact) mass is 767 g/mol. The van der Waals surface area contributed by atoms with Crippen molar-refractivity contribution in [2.45, 2.75) is 32.6 Å². The Morgan fingerprint density at radius 2 is 1.35 bits per heavy atom. The normalized spacial score (nSPS) is 11.4. The highest BCUT2D eigenvalue weighted by Gasteiger charge is 2.22. The predicted octanol–water partition coefficient (Wildman–Crippen LogP) is 5.29. The summed E-state index contributed by atoms with van der Waals surface area (Å²) in [4.78, 5) is 37.5. The van der Waals surface area contributed by atoms with Crippen LogP contribution in [0.3, 0.4) is 0 Å². The van der Waals surface area contributed by atoms with Gasteiger partial charge in [0.05, 0.1) is 78.2 Å². The average Bonchev–Trinajstić information content (AvgIpc) is 3.15. The number of phenols is 1. The van der Waals surface area contributed by atoms with Crippen LogP contribution in [0.1, 0.15) is 42.1 Å². The summed E-state index contributed by atoms with van der Waals surface area (Å²) in [6.07, 6.45) is 1.84. The van der Waals surface area contributed by atoms with Crippen molar-refractivity contribution in [1.29, 1.82) is 0 Å². The molecule has 0 bridgehead atoms. The van der Waals surface area contributed by atoms with E-state index in [1.807, 2.05) is 13.0 Å². The first-order chi connectivity index (χ1) is 26.3. The molecule has 0 radical (unpaired) electrons. The first kappa shape index (κ1) is 42.5. The number of amides is 1. The number of carboxylic acid groups (broad SMARTS) is 1. The van der Waals surface area contributed by atoms with Crippen molar-refractivity contribution in [3.8, 4) is 28.2 Å². The largest absolute Gasteiger partial charge is 0.508 e. The number of carbonyl (C=O) groups excluding carboxylic acids is 1. The highest BCUT2D eigenvalue weighted by Crippen LogP contribution is 2.42. The maximum atomic E-state index is 12.5. The summed E-state index contributed by atoms with van der Waals surface area (Å²) >= 11 is 5.61. The number of rotatable bonds is 27. The fraction of sp³-hybridized carbons (Fsp3) is 0.450.